The van der Waals surface area contributed by atoms with Crippen molar-refractivity contribution in [2.75, 3.05) is 30.9 Å². The van der Waals surface area contributed by atoms with Crippen LogP contribution in [0.1, 0.15) is 29.6 Å². The molecule has 1 unspecified atom stereocenters. The number of hydrogen-bond acceptors (Lipinski definition) is 3. The molecule has 2 heterocycles. The SMILES string of the molecule is CN(C)C(=O)c1ccc2c(c1)NC(=O)C1CCCCN21. The quantitative estimate of drug-likeness (QED) is 0.847. The molecule has 0 radical (unpaired) electrons. The fourth-order valence-corrected chi connectivity index (χ4v) is 2.99. The smallest absolute Gasteiger partial charge is 0.253 e. The maximum absolute atomic E-state index is 12.2. The van der Waals surface area contributed by atoms with E-state index in [2.05, 4.69) is 10.2 Å². The number of nitrogens with zero attached hydrogens (tertiary/aromatic N) is 2. The number of rotatable bonds is 1. The first-order valence-corrected chi connectivity index (χ1v) is 7.01. The molecule has 5 heteroatoms. The first-order valence-electron chi connectivity index (χ1n) is 7.01. The third kappa shape index (κ3) is 2.03. The maximum atomic E-state index is 12.2. The molecule has 0 aromatic heterocycles. The second-order valence-electron chi connectivity index (χ2n) is 5.63. The summed E-state index contributed by atoms with van der Waals surface area (Å²) in [5, 5.41) is 2.94. The first kappa shape index (κ1) is 13.0. The van der Waals surface area contributed by atoms with Crippen molar-refractivity contribution in [1.29, 1.82) is 0 Å². The zero-order valence-corrected chi connectivity index (χ0v) is 11.8. The second-order valence-corrected chi connectivity index (χ2v) is 5.63. The van der Waals surface area contributed by atoms with E-state index in [9.17, 15) is 9.59 Å². The van der Waals surface area contributed by atoms with Crippen LogP contribution in [0.25, 0.3) is 0 Å². The van der Waals surface area contributed by atoms with Gasteiger partial charge in [-0.2, -0.15) is 0 Å². The molecule has 2 aliphatic rings. The summed E-state index contributed by atoms with van der Waals surface area (Å²) in [4.78, 5) is 27.9. The molecule has 0 bridgehead atoms. The van der Waals surface area contributed by atoms with E-state index in [-0.39, 0.29) is 17.9 Å². The summed E-state index contributed by atoms with van der Waals surface area (Å²) >= 11 is 0. The molecule has 1 aromatic rings. The van der Waals surface area contributed by atoms with E-state index in [1.54, 1.807) is 20.2 Å². The molecule has 1 atom stereocenters. The van der Waals surface area contributed by atoms with Gasteiger partial charge in [-0.3, -0.25) is 9.59 Å². The van der Waals surface area contributed by atoms with Crippen molar-refractivity contribution >= 4 is 23.2 Å². The van der Waals surface area contributed by atoms with Gasteiger partial charge >= 0.3 is 0 Å². The van der Waals surface area contributed by atoms with E-state index in [4.69, 9.17) is 0 Å². The Balaban J connectivity index is 1.98. The van der Waals surface area contributed by atoms with E-state index in [0.29, 0.717) is 5.56 Å². The number of benzene rings is 1. The number of amides is 2. The van der Waals surface area contributed by atoms with Crippen LogP contribution >= 0.6 is 0 Å². The topological polar surface area (TPSA) is 52.7 Å². The molecule has 1 N–H and O–H groups in total. The van der Waals surface area contributed by atoms with Gasteiger partial charge in [0.25, 0.3) is 5.91 Å². The monoisotopic (exact) mass is 273 g/mol. The predicted octanol–water partition coefficient (Wildman–Crippen LogP) is 1.70. The van der Waals surface area contributed by atoms with Gasteiger partial charge in [0.05, 0.1) is 11.4 Å². The summed E-state index contributed by atoms with van der Waals surface area (Å²) in [5.74, 6) is -0.00512. The molecule has 2 amide bonds. The van der Waals surface area contributed by atoms with Gasteiger partial charge in [-0.15, -0.1) is 0 Å². The Morgan fingerprint density at radius 3 is 2.90 bits per heavy atom. The van der Waals surface area contributed by atoms with Crippen LogP contribution in [0.2, 0.25) is 0 Å². The standard InChI is InChI=1S/C15H19N3O2/c1-17(2)15(20)10-6-7-12-11(9-10)16-14(19)13-5-3-4-8-18(12)13/h6-7,9,13H,3-5,8H2,1-2H3,(H,16,19). The van der Waals surface area contributed by atoms with E-state index in [1.807, 2.05) is 12.1 Å². The number of fused-ring (bicyclic) bond motifs is 3. The van der Waals surface area contributed by atoms with Gasteiger partial charge in [-0.25, -0.2) is 0 Å². The zero-order chi connectivity index (χ0) is 14.3. The molecule has 1 saturated heterocycles. The van der Waals surface area contributed by atoms with Crippen LogP contribution < -0.4 is 10.2 Å². The largest absolute Gasteiger partial charge is 0.358 e. The highest BCUT2D eigenvalue weighted by Crippen LogP contribution is 2.36. The molecule has 0 spiro atoms. The summed E-state index contributed by atoms with van der Waals surface area (Å²) in [5.41, 5.74) is 2.38. The zero-order valence-electron chi connectivity index (χ0n) is 11.8. The molecule has 0 aliphatic carbocycles. The van der Waals surface area contributed by atoms with Gasteiger partial charge in [-0.05, 0) is 37.5 Å². The molecular weight excluding hydrogens is 254 g/mol. The summed E-state index contributed by atoms with van der Waals surface area (Å²) in [6.07, 6.45) is 3.12. The molecular formula is C15H19N3O2. The molecule has 3 rings (SSSR count). The van der Waals surface area contributed by atoms with E-state index in [0.717, 1.165) is 37.2 Å². The van der Waals surface area contributed by atoms with Crippen molar-refractivity contribution in [3.05, 3.63) is 23.8 Å². The minimum atomic E-state index is -0.0529. The fraction of sp³-hybridized carbons (Fsp3) is 0.467. The Kier molecular flexibility index (Phi) is 3.12. The Labute approximate surface area is 118 Å². The number of nitrogens with one attached hydrogen (secondary N) is 1. The van der Waals surface area contributed by atoms with Gasteiger partial charge in [0.15, 0.2) is 0 Å². The highest BCUT2D eigenvalue weighted by Gasteiger charge is 2.34. The third-order valence-electron chi connectivity index (χ3n) is 4.02. The van der Waals surface area contributed by atoms with E-state index >= 15 is 0 Å². The molecule has 106 valence electrons. The number of carbonyl (C=O) groups excluding carboxylic acids is 2. The number of hydrogen-bond donors (Lipinski definition) is 1. The number of carbonyl (C=O) groups is 2. The van der Waals surface area contributed by atoms with Crippen LogP contribution in [0.15, 0.2) is 18.2 Å². The van der Waals surface area contributed by atoms with Crippen LogP contribution in [0.3, 0.4) is 0 Å². The number of piperidine rings is 1. The molecule has 5 nitrogen and oxygen atoms in total. The summed E-state index contributed by atoms with van der Waals surface area (Å²) in [6, 6.07) is 5.51. The molecule has 2 aliphatic heterocycles. The minimum Gasteiger partial charge on any atom is -0.358 e. The Hall–Kier alpha value is -2.04. The molecule has 1 aromatic carbocycles. The highest BCUT2D eigenvalue weighted by molar-refractivity contribution is 6.05. The Bertz CT molecular complexity index is 568. The first-order chi connectivity index (χ1) is 9.58. The third-order valence-corrected chi connectivity index (χ3v) is 4.02. The lowest BCUT2D eigenvalue weighted by atomic mass is 9.97. The van der Waals surface area contributed by atoms with Crippen LogP contribution in [0, 0.1) is 0 Å². The Morgan fingerprint density at radius 2 is 2.15 bits per heavy atom. The van der Waals surface area contributed by atoms with Gasteiger partial charge < -0.3 is 15.1 Å². The van der Waals surface area contributed by atoms with Crippen LogP contribution in [0.5, 0.6) is 0 Å². The second kappa shape index (κ2) is 4.81. The molecule has 20 heavy (non-hydrogen) atoms. The normalized spacial score (nSPS) is 20.8. The van der Waals surface area contributed by atoms with E-state index < -0.39 is 0 Å². The molecule has 0 saturated carbocycles. The van der Waals surface area contributed by atoms with Crippen LogP contribution in [0.4, 0.5) is 11.4 Å². The summed E-state index contributed by atoms with van der Waals surface area (Å²) in [7, 11) is 3.45. The van der Waals surface area contributed by atoms with Gasteiger partial charge in [0.1, 0.15) is 6.04 Å². The van der Waals surface area contributed by atoms with Crippen LogP contribution in [-0.4, -0.2) is 43.4 Å². The molecule has 1 fully saturated rings. The van der Waals surface area contributed by atoms with Crippen molar-refractivity contribution in [2.45, 2.75) is 25.3 Å². The lowest BCUT2D eigenvalue weighted by Crippen LogP contribution is -2.50. The van der Waals surface area contributed by atoms with Crippen molar-refractivity contribution < 1.29 is 9.59 Å². The van der Waals surface area contributed by atoms with Crippen molar-refractivity contribution in [2.24, 2.45) is 0 Å². The van der Waals surface area contributed by atoms with Gasteiger partial charge in [0.2, 0.25) is 5.91 Å². The van der Waals surface area contributed by atoms with Crippen LogP contribution in [-0.2, 0) is 4.79 Å². The minimum absolute atomic E-state index is 0.0478. The maximum Gasteiger partial charge on any atom is 0.253 e. The fourth-order valence-electron chi connectivity index (χ4n) is 2.99. The predicted molar refractivity (Wildman–Crippen MR) is 78.1 cm³/mol. The van der Waals surface area contributed by atoms with Gasteiger partial charge in [0, 0.05) is 26.2 Å². The summed E-state index contributed by atoms with van der Waals surface area (Å²) in [6.45, 7) is 0.909. The average Bonchev–Trinajstić information content (AvgIpc) is 2.46. The number of anilines is 2. The van der Waals surface area contributed by atoms with E-state index in [1.165, 1.54) is 4.90 Å². The Morgan fingerprint density at radius 1 is 1.35 bits per heavy atom. The van der Waals surface area contributed by atoms with Gasteiger partial charge in [-0.1, -0.05) is 0 Å². The van der Waals surface area contributed by atoms with Crippen molar-refractivity contribution in [1.82, 2.24) is 4.90 Å². The lowest BCUT2D eigenvalue weighted by molar-refractivity contribution is -0.118. The van der Waals surface area contributed by atoms with Crippen molar-refractivity contribution in [3.63, 3.8) is 0 Å². The highest BCUT2D eigenvalue weighted by atomic mass is 16.2. The lowest BCUT2D eigenvalue weighted by Gasteiger charge is -2.41. The summed E-state index contributed by atoms with van der Waals surface area (Å²) < 4.78 is 0. The average molecular weight is 273 g/mol. The van der Waals surface area contributed by atoms with Crippen molar-refractivity contribution in [3.8, 4) is 0 Å².